The van der Waals surface area contributed by atoms with Gasteiger partial charge in [-0.3, -0.25) is 0 Å². The van der Waals surface area contributed by atoms with Gasteiger partial charge in [0.15, 0.2) is 0 Å². The van der Waals surface area contributed by atoms with Crippen LogP contribution in [0.5, 0.6) is 0 Å². The number of thioether (sulfide) groups is 2. The Morgan fingerprint density at radius 2 is 1.45 bits per heavy atom. The van der Waals surface area contributed by atoms with Gasteiger partial charge in [0.25, 0.3) is 0 Å². The van der Waals surface area contributed by atoms with Gasteiger partial charge in [-0.15, -0.1) is 0 Å². The van der Waals surface area contributed by atoms with Crippen LogP contribution >= 0.6 is 23.5 Å². The quantitative estimate of drug-likeness (QED) is 0.634. The third-order valence-electron chi connectivity index (χ3n) is 1.86. The maximum Gasteiger partial charge on any atom is 0.250 e. The molecule has 0 amide bonds. The van der Waals surface area contributed by atoms with Gasteiger partial charge >= 0.3 is 0 Å². The van der Waals surface area contributed by atoms with Crippen LogP contribution in [-0.4, -0.2) is 27.9 Å². The molecule has 2 aliphatic rings. The maximum atomic E-state index is 13.0. The van der Waals surface area contributed by atoms with Crippen molar-refractivity contribution >= 4 is 23.5 Å². The molecule has 2 heterocycles. The van der Waals surface area contributed by atoms with E-state index in [1.807, 2.05) is 0 Å². The molecule has 2 unspecified atom stereocenters. The summed E-state index contributed by atoms with van der Waals surface area (Å²) in [5.74, 6) is -0.469. The highest BCUT2D eigenvalue weighted by molar-refractivity contribution is 8.07. The van der Waals surface area contributed by atoms with E-state index in [0.29, 0.717) is 0 Å². The first-order valence-electron chi connectivity index (χ1n) is 3.77. The van der Waals surface area contributed by atoms with E-state index in [9.17, 15) is 8.78 Å². The van der Waals surface area contributed by atoms with Gasteiger partial charge < -0.3 is 0 Å². The van der Waals surface area contributed by atoms with Crippen molar-refractivity contribution in [3.05, 3.63) is 0 Å². The molecule has 0 aromatic rings. The first kappa shape index (κ1) is 8.17. The zero-order valence-electron chi connectivity index (χ0n) is 6.06. The molecule has 0 aromatic carbocycles. The predicted molar refractivity (Wildman–Crippen MR) is 46.7 cm³/mol. The van der Waals surface area contributed by atoms with Gasteiger partial charge in [-0.25, -0.2) is 8.78 Å². The Hall–Kier alpha value is 0.560. The predicted octanol–water partition coefficient (Wildman–Crippen LogP) is 2.63. The molecule has 2 aliphatic heterocycles. The fourth-order valence-electron chi connectivity index (χ4n) is 1.12. The molecular formula is C7H10F2S2. The summed E-state index contributed by atoms with van der Waals surface area (Å²) >= 11 is 3.31. The lowest BCUT2D eigenvalue weighted by Crippen LogP contribution is -2.20. The minimum absolute atomic E-state index is 0.120. The van der Waals surface area contributed by atoms with Crippen LogP contribution in [0.1, 0.15) is 12.8 Å². The molecule has 0 aromatic heterocycles. The second-order valence-corrected chi connectivity index (χ2v) is 5.84. The van der Waals surface area contributed by atoms with Crippen molar-refractivity contribution < 1.29 is 8.78 Å². The first-order chi connectivity index (χ1) is 5.16. The second kappa shape index (κ2) is 2.80. The maximum absolute atomic E-state index is 13.0. The fraction of sp³-hybridized carbons (Fsp3) is 1.00. The molecular weight excluding hydrogens is 186 g/mol. The normalized spacial score (nSPS) is 35.5. The van der Waals surface area contributed by atoms with E-state index < -0.39 is 5.92 Å². The summed E-state index contributed by atoms with van der Waals surface area (Å²) in [6.07, 6.45) is 0.240. The van der Waals surface area contributed by atoms with Crippen LogP contribution in [0, 0.1) is 0 Å². The molecule has 2 rings (SSSR count). The van der Waals surface area contributed by atoms with Gasteiger partial charge in [0.05, 0.1) is 0 Å². The number of halogens is 2. The lowest BCUT2D eigenvalue weighted by molar-refractivity contribution is -0.0110. The molecule has 0 aliphatic carbocycles. The van der Waals surface area contributed by atoms with Crippen LogP contribution in [0.2, 0.25) is 0 Å². The zero-order valence-corrected chi connectivity index (χ0v) is 7.69. The minimum atomic E-state index is -2.37. The average Bonchev–Trinajstić information content (AvgIpc) is 2.60. The van der Waals surface area contributed by atoms with Gasteiger partial charge in [0.1, 0.15) is 0 Å². The van der Waals surface area contributed by atoms with Crippen molar-refractivity contribution in [1.29, 1.82) is 0 Å². The van der Waals surface area contributed by atoms with Gasteiger partial charge in [-0.1, -0.05) is 0 Å². The summed E-state index contributed by atoms with van der Waals surface area (Å²) in [5.41, 5.74) is 0. The Morgan fingerprint density at radius 1 is 1.09 bits per heavy atom. The highest BCUT2D eigenvalue weighted by atomic mass is 32.2. The molecule has 0 N–H and O–H groups in total. The second-order valence-electron chi connectivity index (χ2n) is 3.17. The van der Waals surface area contributed by atoms with E-state index in [1.54, 1.807) is 23.5 Å². The standard InChI is InChI=1S/C7H10F2S2/c8-7(9,1-5-3-10-5)2-6-4-11-6/h5-6H,1-4H2. The van der Waals surface area contributed by atoms with Crippen LogP contribution in [0.4, 0.5) is 8.78 Å². The van der Waals surface area contributed by atoms with E-state index >= 15 is 0 Å². The smallest absolute Gasteiger partial charge is 0.207 e. The van der Waals surface area contributed by atoms with Crippen LogP contribution in [0.3, 0.4) is 0 Å². The summed E-state index contributed by atoms with van der Waals surface area (Å²) in [6, 6.07) is 0. The van der Waals surface area contributed by atoms with Gasteiger partial charge in [-0.05, 0) is 0 Å². The first-order valence-corrected chi connectivity index (χ1v) is 5.86. The van der Waals surface area contributed by atoms with Crippen molar-refractivity contribution in [3.63, 3.8) is 0 Å². The Kier molecular flexibility index (Phi) is 2.08. The van der Waals surface area contributed by atoms with Crippen LogP contribution in [-0.2, 0) is 0 Å². The minimum Gasteiger partial charge on any atom is -0.207 e. The molecule has 0 nitrogen and oxygen atoms in total. The summed E-state index contributed by atoms with van der Waals surface area (Å²) in [6.45, 7) is 0. The van der Waals surface area contributed by atoms with Gasteiger partial charge in [0, 0.05) is 34.8 Å². The Bertz CT molecular complexity index is 137. The summed E-state index contributed by atoms with van der Waals surface area (Å²) in [7, 11) is 0. The molecule has 0 saturated carbocycles. The molecule has 2 fully saturated rings. The molecule has 4 heteroatoms. The lowest BCUT2D eigenvalue weighted by Gasteiger charge is -2.13. The Morgan fingerprint density at radius 3 is 1.73 bits per heavy atom. The molecule has 2 saturated heterocycles. The van der Waals surface area contributed by atoms with Crippen molar-refractivity contribution in [1.82, 2.24) is 0 Å². The number of alkyl halides is 2. The molecule has 2 atom stereocenters. The lowest BCUT2D eigenvalue weighted by atomic mass is 10.1. The van der Waals surface area contributed by atoms with Gasteiger partial charge in [-0.2, -0.15) is 23.5 Å². The largest absolute Gasteiger partial charge is 0.250 e. The topological polar surface area (TPSA) is 0 Å². The molecule has 0 spiro atoms. The van der Waals surface area contributed by atoms with Crippen LogP contribution < -0.4 is 0 Å². The Balaban J connectivity index is 1.75. The van der Waals surface area contributed by atoms with Crippen LogP contribution in [0.25, 0.3) is 0 Å². The van der Waals surface area contributed by atoms with Crippen molar-refractivity contribution in [2.45, 2.75) is 29.3 Å². The van der Waals surface area contributed by atoms with Crippen molar-refractivity contribution in [3.8, 4) is 0 Å². The zero-order chi connectivity index (χ0) is 7.90. The fourth-order valence-corrected chi connectivity index (χ4v) is 2.35. The highest BCUT2D eigenvalue weighted by Crippen LogP contribution is 2.45. The molecule has 11 heavy (non-hydrogen) atoms. The third-order valence-corrected chi connectivity index (χ3v) is 3.80. The number of rotatable bonds is 4. The average molecular weight is 196 g/mol. The third kappa shape index (κ3) is 2.82. The summed E-state index contributed by atoms with van der Waals surface area (Å²) in [5, 5.41) is 0.544. The molecule has 64 valence electrons. The summed E-state index contributed by atoms with van der Waals surface area (Å²) in [4.78, 5) is 0. The molecule has 0 radical (unpaired) electrons. The van der Waals surface area contributed by atoms with E-state index in [2.05, 4.69) is 0 Å². The number of hydrogen-bond donors (Lipinski definition) is 0. The van der Waals surface area contributed by atoms with E-state index in [0.717, 1.165) is 11.5 Å². The van der Waals surface area contributed by atoms with E-state index in [-0.39, 0.29) is 23.3 Å². The van der Waals surface area contributed by atoms with E-state index in [1.165, 1.54) is 0 Å². The van der Waals surface area contributed by atoms with E-state index in [4.69, 9.17) is 0 Å². The van der Waals surface area contributed by atoms with Crippen LogP contribution in [0.15, 0.2) is 0 Å². The SMILES string of the molecule is FC(F)(CC1CS1)CC1CS1. The number of hydrogen-bond acceptors (Lipinski definition) is 2. The van der Waals surface area contributed by atoms with Crippen molar-refractivity contribution in [2.24, 2.45) is 0 Å². The van der Waals surface area contributed by atoms with Gasteiger partial charge in [0.2, 0.25) is 5.92 Å². The van der Waals surface area contributed by atoms with Crippen molar-refractivity contribution in [2.75, 3.05) is 11.5 Å². The summed E-state index contributed by atoms with van der Waals surface area (Å²) < 4.78 is 26.0. The molecule has 0 bridgehead atoms. The monoisotopic (exact) mass is 196 g/mol. The Labute approximate surface area is 73.5 Å². The highest BCUT2D eigenvalue weighted by Gasteiger charge is 2.42.